The highest BCUT2D eigenvalue weighted by molar-refractivity contribution is 6.42. The van der Waals surface area contributed by atoms with Gasteiger partial charge in [-0.1, -0.05) is 29.3 Å². The smallest absolute Gasteiger partial charge is 0.0595 e. The fourth-order valence-electron chi connectivity index (χ4n) is 2.56. The summed E-state index contributed by atoms with van der Waals surface area (Å²) in [4.78, 5) is 2.51. The zero-order chi connectivity index (χ0) is 13.1. The van der Waals surface area contributed by atoms with Crippen LogP contribution in [0.4, 0.5) is 0 Å². The molecule has 0 aromatic heterocycles. The summed E-state index contributed by atoms with van der Waals surface area (Å²) in [6.45, 7) is 4.50. The average Bonchev–Trinajstić information content (AvgIpc) is 2.41. The molecule has 1 aliphatic heterocycles. The number of benzene rings is 1. The Bertz CT molecular complexity index is 401. The molecule has 0 radical (unpaired) electrons. The molecule has 0 spiro atoms. The van der Waals surface area contributed by atoms with Crippen molar-refractivity contribution in [2.45, 2.75) is 31.8 Å². The number of nitrogens with one attached hydrogen (secondary N) is 1. The normalized spacial score (nSPS) is 20.0. The molecule has 1 atom stereocenters. The Morgan fingerprint density at radius 1 is 1.22 bits per heavy atom. The van der Waals surface area contributed by atoms with Crippen LogP contribution in [0.3, 0.4) is 0 Å². The van der Waals surface area contributed by atoms with Gasteiger partial charge in [-0.2, -0.15) is 0 Å². The van der Waals surface area contributed by atoms with E-state index in [9.17, 15) is 0 Å². The topological polar surface area (TPSA) is 15.3 Å². The molecule has 1 aliphatic rings. The van der Waals surface area contributed by atoms with E-state index in [2.05, 4.69) is 23.2 Å². The predicted molar refractivity (Wildman–Crippen MR) is 78.5 cm³/mol. The first-order valence-corrected chi connectivity index (χ1v) is 7.23. The average molecular weight is 287 g/mol. The van der Waals surface area contributed by atoms with Gasteiger partial charge in [0, 0.05) is 25.2 Å². The Balaban J connectivity index is 2.03. The minimum Gasteiger partial charge on any atom is -0.317 e. The highest BCUT2D eigenvalue weighted by Gasteiger charge is 2.22. The van der Waals surface area contributed by atoms with E-state index in [0.717, 1.165) is 13.1 Å². The molecule has 1 heterocycles. The van der Waals surface area contributed by atoms with Gasteiger partial charge >= 0.3 is 0 Å². The first-order valence-electron chi connectivity index (χ1n) is 6.48. The third kappa shape index (κ3) is 3.18. The zero-order valence-electron chi connectivity index (χ0n) is 10.9. The van der Waals surface area contributed by atoms with Crippen LogP contribution in [-0.4, -0.2) is 31.1 Å². The molecule has 0 amide bonds. The molecular formula is C14H20Cl2N2. The molecule has 0 bridgehead atoms. The van der Waals surface area contributed by atoms with Gasteiger partial charge in [0.15, 0.2) is 0 Å². The van der Waals surface area contributed by atoms with E-state index in [-0.39, 0.29) is 0 Å². The fraction of sp³-hybridized carbons (Fsp3) is 0.571. The Morgan fingerprint density at radius 2 is 1.89 bits per heavy atom. The summed E-state index contributed by atoms with van der Waals surface area (Å²) < 4.78 is 0. The Kier molecular flexibility index (Phi) is 4.91. The molecule has 0 aliphatic carbocycles. The molecule has 0 saturated carbocycles. The maximum atomic E-state index is 6.08. The van der Waals surface area contributed by atoms with Crippen LogP contribution >= 0.6 is 23.2 Å². The van der Waals surface area contributed by atoms with Gasteiger partial charge < -0.3 is 5.32 Å². The van der Waals surface area contributed by atoms with Crippen LogP contribution in [0, 0.1) is 0 Å². The third-order valence-electron chi connectivity index (χ3n) is 3.91. The second-order valence-corrected chi connectivity index (χ2v) is 5.76. The molecule has 1 unspecified atom stereocenters. The van der Waals surface area contributed by atoms with Crippen LogP contribution in [0.15, 0.2) is 18.2 Å². The Hall–Kier alpha value is -0.280. The van der Waals surface area contributed by atoms with Gasteiger partial charge in [-0.3, -0.25) is 4.90 Å². The molecule has 100 valence electrons. The molecule has 1 aromatic carbocycles. The van der Waals surface area contributed by atoms with E-state index in [0.29, 0.717) is 22.1 Å². The van der Waals surface area contributed by atoms with E-state index < -0.39 is 0 Å². The first-order chi connectivity index (χ1) is 8.61. The molecule has 1 saturated heterocycles. The highest BCUT2D eigenvalue weighted by atomic mass is 35.5. The number of nitrogens with zero attached hydrogens (tertiary/aromatic N) is 1. The van der Waals surface area contributed by atoms with Crippen molar-refractivity contribution in [3.05, 3.63) is 33.8 Å². The zero-order valence-corrected chi connectivity index (χ0v) is 12.4. The second kappa shape index (κ2) is 6.25. The number of halogens is 2. The largest absolute Gasteiger partial charge is 0.317 e. The lowest BCUT2D eigenvalue weighted by atomic mass is 10.0. The molecule has 2 nitrogen and oxygen atoms in total. The van der Waals surface area contributed by atoms with Gasteiger partial charge in [-0.15, -0.1) is 0 Å². The number of rotatable bonds is 3. The van der Waals surface area contributed by atoms with Gasteiger partial charge in [0.05, 0.1) is 10.0 Å². The van der Waals surface area contributed by atoms with Crippen molar-refractivity contribution in [2.75, 3.05) is 20.1 Å². The lowest BCUT2D eigenvalue weighted by molar-refractivity contribution is 0.155. The van der Waals surface area contributed by atoms with Gasteiger partial charge in [-0.25, -0.2) is 0 Å². The van der Waals surface area contributed by atoms with Crippen molar-refractivity contribution in [1.82, 2.24) is 10.2 Å². The van der Waals surface area contributed by atoms with E-state index in [1.807, 2.05) is 19.2 Å². The minimum atomic E-state index is 0.401. The van der Waals surface area contributed by atoms with Gasteiger partial charge in [0.2, 0.25) is 0 Å². The lowest BCUT2D eigenvalue weighted by Gasteiger charge is -2.36. The second-order valence-electron chi connectivity index (χ2n) is 4.95. The molecular weight excluding hydrogens is 267 g/mol. The summed E-state index contributed by atoms with van der Waals surface area (Å²) in [6.07, 6.45) is 2.42. The predicted octanol–water partition coefficient (Wildman–Crippen LogP) is 3.74. The van der Waals surface area contributed by atoms with Gasteiger partial charge in [0.25, 0.3) is 0 Å². The summed E-state index contributed by atoms with van der Waals surface area (Å²) in [6, 6.07) is 7.01. The molecule has 2 rings (SSSR count). The summed E-state index contributed by atoms with van der Waals surface area (Å²) in [5, 5.41) is 4.63. The van der Waals surface area contributed by atoms with Crippen LogP contribution < -0.4 is 5.32 Å². The van der Waals surface area contributed by atoms with Crippen LogP contribution in [0.2, 0.25) is 10.0 Å². The molecule has 1 N–H and O–H groups in total. The lowest BCUT2D eigenvalue weighted by Crippen LogP contribution is -2.42. The maximum Gasteiger partial charge on any atom is 0.0595 e. The van der Waals surface area contributed by atoms with E-state index in [1.165, 1.54) is 18.4 Å². The van der Waals surface area contributed by atoms with Crippen molar-refractivity contribution in [3.63, 3.8) is 0 Å². The standard InChI is InChI=1S/C14H20Cl2N2/c1-10(11-3-4-13(15)14(16)9-11)18-7-5-12(17-2)6-8-18/h3-4,9-10,12,17H,5-8H2,1-2H3. The van der Waals surface area contributed by atoms with Crippen LogP contribution in [0.25, 0.3) is 0 Å². The molecule has 4 heteroatoms. The third-order valence-corrected chi connectivity index (χ3v) is 4.65. The monoisotopic (exact) mass is 286 g/mol. The van der Waals surface area contributed by atoms with Crippen LogP contribution in [0.1, 0.15) is 31.4 Å². The van der Waals surface area contributed by atoms with Crippen molar-refractivity contribution >= 4 is 23.2 Å². The highest BCUT2D eigenvalue weighted by Crippen LogP contribution is 2.29. The maximum absolute atomic E-state index is 6.08. The molecule has 1 aromatic rings. The minimum absolute atomic E-state index is 0.401. The van der Waals surface area contributed by atoms with E-state index in [4.69, 9.17) is 23.2 Å². The number of piperidine rings is 1. The van der Waals surface area contributed by atoms with Crippen molar-refractivity contribution in [1.29, 1.82) is 0 Å². The quantitative estimate of drug-likeness (QED) is 0.911. The van der Waals surface area contributed by atoms with Crippen molar-refractivity contribution in [3.8, 4) is 0 Å². The SMILES string of the molecule is CNC1CCN(C(C)c2ccc(Cl)c(Cl)c2)CC1. The number of hydrogen-bond acceptors (Lipinski definition) is 2. The van der Waals surface area contributed by atoms with Crippen molar-refractivity contribution in [2.24, 2.45) is 0 Å². The van der Waals surface area contributed by atoms with Gasteiger partial charge in [-0.05, 0) is 44.5 Å². The Labute approximate surface area is 119 Å². The fourth-order valence-corrected chi connectivity index (χ4v) is 2.87. The molecule has 18 heavy (non-hydrogen) atoms. The number of hydrogen-bond donors (Lipinski definition) is 1. The van der Waals surface area contributed by atoms with Crippen molar-refractivity contribution < 1.29 is 0 Å². The van der Waals surface area contributed by atoms with E-state index >= 15 is 0 Å². The summed E-state index contributed by atoms with van der Waals surface area (Å²) in [7, 11) is 2.04. The van der Waals surface area contributed by atoms with E-state index in [1.54, 1.807) is 0 Å². The number of likely N-dealkylation sites (tertiary alicyclic amines) is 1. The Morgan fingerprint density at radius 3 is 2.44 bits per heavy atom. The summed E-state index contributed by atoms with van der Waals surface area (Å²) in [5.41, 5.74) is 1.24. The molecule has 1 fully saturated rings. The van der Waals surface area contributed by atoms with Crippen LogP contribution in [0.5, 0.6) is 0 Å². The summed E-state index contributed by atoms with van der Waals surface area (Å²) in [5.74, 6) is 0. The summed E-state index contributed by atoms with van der Waals surface area (Å²) >= 11 is 12.0. The first kappa shape index (κ1) is 14.1. The van der Waals surface area contributed by atoms with Gasteiger partial charge in [0.1, 0.15) is 0 Å². The van der Waals surface area contributed by atoms with Crippen LogP contribution in [-0.2, 0) is 0 Å².